The number of ether oxygens (including phenoxy) is 1. The van der Waals surface area contributed by atoms with Crippen molar-refractivity contribution in [1.29, 1.82) is 5.41 Å². The van der Waals surface area contributed by atoms with Gasteiger partial charge in [-0.25, -0.2) is 0 Å². The Bertz CT molecular complexity index is 125. The van der Waals surface area contributed by atoms with E-state index in [9.17, 15) is 0 Å². The largest absolute Gasteiger partial charge is 0.385 e. The van der Waals surface area contributed by atoms with Gasteiger partial charge in [-0.05, 0) is 20.3 Å². The monoisotopic (exact) mass is 144 g/mol. The summed E-state index contributed by atoms with van der Waals surface area (Å²) in [4.78, 5) is 0. The van der Waals surface area contributed by atoms with Crippen molar-refractivity contribution in [1.82, 2.24) is 0 Å². The molecule has 0 aliphatic rings. The van der Waals surface area contributed by atoms with Gasteiger partial charge in [-0.15, -0.1) is 0 Å². The third kappa shape index (κ3) is 1.99. The highest BCUT2D eigenvalue weighted by atomic mass is 16.5. The predicted octanol–water partition coefficient (Wildman–Crippen LogP) is 1.13. The second-order valence-electron chi connectivity index (χ2n) is 2.43. The number of rotatable bonds is 4. The van der Waals surface area contributed by atoms with Crippen molar-refractivity contribution in [3.63, 3.8) is 0 Å². The molecule has 60 valence electrons. The Morgan fingerprint density at radius 2 is 2.10 bits per heavy atom. The van der Waals surface area contributed by atoms with Gasteiger partial charge in [-0.3, -0.25) is 5.41 Å². The summed E-state index contributed by atoms with van der Waals surface area (Å²) in [6, 6.07) is 0. The summed E-state index contributed by atoms with van der Waals surface area (Å²) < 4.78 is 5.29. The van der Waals surface area contributed by atoms with E-state index in [0.717, 1.165) is 6.42 Å². The Balaban J connectivity index is 4.08. The Kier molecular flexibility index (Phi) is 3.36. The minimum absolute atomic E-state index is 0.108. The Labute approximate surface area is 62.1 Å². The molecule has 0 rings (SSSR count). The molecule has 0 aromatic rings. The van der Waals surface area contributed by atoms with Crippen LogP contribution in [-0.4, -0.2) is 18.0 Å². The van der Waals surface area contributed by atoms with E-state index in [-0.39, 0.29) is 5.84 Å². The maximum Gasteiger partial charge on any atom is 0.123 e. The molecule has 0 aliphatic carbocycles. The summed E-state index contributed by atoms with van der Waals surface area (Å²) in [7, 11) is 0. The lowest BCUT2D eigenvalue weighted by Gasteiger charge is -2.26. The van der Waals surface area contributed by atoms with Gasteiger partial charge >= 0.3 is 0 Å². The molecule has 1 unspecified atom stereocenters. The van der Waals surface area contributed by atoms with E-state index in [4.69, 9.17) is 15.9 Å². The van der Waals surface area contributed by atoms with E-state index >= 15 is 0 Å². The van der Waals surface area contributed by atoms with Crippen LogP contribution in [-0.2, 0) is 4.74 Å². The van der Waals surface area contributed by atoms with Crippen LogP contribution in [0.15, 0.2) is 0 Å². The Morgan fingerprint density at radius 1 is 1.60 bits per heavy atom. The summed E-state index contributed by atoms with van der Waals surface area (Å²) in [6.07, 6.45) is 0.746. The molecule has 3 N–H and O–H groups in total. The molecule has 3 heteroatoms. The first-order valence-electron chi connectivity index (χ1n) is 3.55. The summed E-state index contributed by atoms with van der Waals surface area (Å²) in [5.41, 5.74) is 4.78. The second kappa shape index (κ2) is 3.56. The van der Waals surface area contributed by atoms with Gasteiger partial charge in [0.1, 0.15) is 11.4 Å². The fourth-order valence-electron chi connectivity index (χ4n) is 0.689. The highest BCUT2D eigenvalue weighted by Crippen LogP contribution is 2.13. The molecule has 1 atom stereocenters. The predicted molar refractivity (Wildman–Crippen MR) is 42.2 cm³/mol. The fraction of sp³-hybridized carbons (Fsp3) is 0.857. The average Bonchev–Trinajstić information content (AvgIpc) is 1.88. The maximum absolute atomic E-state index is 7.20. The third-order valence-electron chi connectivity index (χ3n) is 1.71. The van der Waals surface area contributed by atoms with E-state index < -0.39 is 5.60 Å². The molecule has 0 aromatic carbocycles. The van der Waals surface area contributed by atoms with Crippen molar-refractivity contribution in [2.24, 2.45) is 5.73 Å². The van der Waals surface area contributed by atoms with Crippen molar-refractivity contribution < 1.29 is 4.74 Å². The molecule has 0 saturated heterocycles. The highest BCUT2D eigenvalue weighted by molar-refractivity contribution is 5.85. The quantitative estimate of drug-likeness (QED) is 0.459. The zero-order valence-electron chi connectivity index (χ0n) is 6.90. The molecule has 0 saturated carbocycles. The fourth-order valence-corrected chi connectivity index (χ4v) is 0.689. The van der Waals surface area contributed by atoms with Crippen molar-refractivity contribution in [3.8, 4) is 0 Å². The first kappa shape index (κ1) is 9.43. The van der Waals surface area contributed by atoms with Crippen molar-refractivity contribution in [3.05, 3.63) is 0 Å². The average molecular weight is 144 g/mol. The lowest BCUT2D eigenvalue weighted by atomic mass is 10.0. The lowest BCUT2D eigenvalue weighted by Crippen LogP contribution is -2.42. The molecule has 0 spiro atoms. The maximum atomic E-state index is 7.20. The van der Waals surface area contributed by atoms with Gasteiger partial charge in [-0.1, -0.05) is 6.92 Å². The molecule has 0 amide bonds. The van der Waals surface area contributed by atoms with Gasteiger partial charge in [0.15, 0.2) is 0 Å². The number of nitrogens with one attached hydrogen (secondary N) is 1. The number of hydrogen-bond acceptors (Lipinski definition) is 2. The molecule has 0 fully saturated rings. The van der Waals surface area contributed by atoms with Crippen LogP contribution in [0.5, 0.6) is 0 Å². The van der Waals surface area contributed by atoms with Crippen molar-refractivity contribution in [2.45, 2.75) is 32.8 Å². The normalized spacial score (nSPS) is 16.3. The molecule has 0 radical (unpaired) electrons. The SMILES string of the molecule is CCOC(C)(CC)C(=N)N. The molecule has 0 aromatic heterocycles. The second-order valence-corrected chi connectivity index (χ2v) is 2.43. The van der Waals surface area contributed by atoms with Crippen LogP contribution in [0.25, 0.3) is 0 Å². The minimum Gasteiger partial charge on any atom is -0.385 e. The summed E-state index contributed by atoms with van der Waals surface area (Å²) >= 11 is 0. The zero-order valence-corrected chi connectivity index (χ0v) is 6.90. The summed E-state index contributed by atoms with van der Waals surface area (Å²) in [6.45, 7) is 6.29. The van der Waals surface area contributed by atoms with Crippen LogP contribution in [0.4, 0.5) is 0 Å². The zero-order chi connectivity index (χ0) is 8.20. The summed E-state index contributed by atoms with van der Waals surface area (Å²) in [5.74, 6) is 0.108. The van der Waals surface area contributed by atoms with E-state index in [1.807, 2.05) is 20.8 Å². The van der Waals surface area contributed by atoms with Gasteiger partial charge in [0.25, 0.3) is 0 Å². The van der Waals surface area contributed by atoms with Crippen LogP contribution < -0.4 is 5.73 Å². The van der Waals surface area contributed by atoms with Crippen molar-refractivity contribution in [2.75, 3.05) is 6.61 Å². The van der Waals surface area contributed by atoms with Gasteiger partial charge in [0.2, 0.25) is 0 Å². The first-order chi connectivity index (χ1) is 4.56. The van der Waals surface area contributed by atoms with E-state index in [1.54, 1.807) is 0 Å². The van der Waals surface area contributed by atoms with Crippen molar-refractivity contribution >= 4 is 5.84 Å². The minimum atomic E-state index is -0.547. The smallest absolute Gasteiger partial charge is 0.123 e. The highest BCUT2D eigenvalue weighted by Gasteiger charge is 2.25. The first-order valence-corrected chi connectivity index (χ1v) is 3.55. The number of hydrogen-bond donors (Lipinski definition) is 2. The standard InChI is InChI=1S/C7H16N2O/c1-4-7(3,6(8)9)10-5-2/h4-5H2,1-3H3,(H3,8,9). The molecule has 3 nitrogen and oxygen atoms in total. The van der Waals surface area contributed by atoms with E-state index in [1.165, 1.54) is 0 Å². The van der Waals surface area contributed by atoms with Crippen LogP contribution >= 0.6 is 0 Å². The van der Waals surface area contributed by atoms with Gasteiger partial charge in [-0.2, -0.15) is 0 Å². The van der Waals surface area contributed by atoms with E-state index in [2.05, 4.69) is 0 Å². The molecule has 10 heavy (non-hydrogen) atoms. The molecular weight excluding hydrogens is 128 g/mol. The molecule has 0 heterocycles. The van der Waals surface area contributed by atoms with Crippen LogP contribution in [0.1, 0.15) is 27.2 Å². The van der Waals surface area contributed by atoms with Crippen LogP contribution in [0, 0.1) is 5.41 Å². The van der Waals surface area contributed by atoms with Crippen LogP contribution in [0.2, 0.25) is 0 Å². The number of amidine groups is 1. The van der Waals surface area contributed by atoms with E-state index in [0.29, 0.717) is 6.61 Å². The topological polar surface area (TPSA) is 59.1 Å². The van der Waals surface area contributed by atoms with Gasteiger partial charge in [0.05, 0.1) is 0 Å². The third-order valence-corrected chi connectivity index (χ3v) is 1.71. The van der Waals surface area contributed by atoms with Crippen LogP contribution in [0.3, 0.4) is 0 Å². The van der Waals surface area contributed by atoms with Gasteiger partial charge < -0.3 is 10.5 Å². The lowest BCUT2D eigenvalue weighted by molar-refractivity contribution is 0.0253. The summed E-state index contributed by atoms with van der Waals surface area (Å²) in [5, 5.41) is 7.20. The molecule has 0 aliphatic heterocycles. The van der Waals surface area contributed by atoms with Gasteiger partial charge in [0, 0.05) is 6.61 Å². The Hall–Kier alpha value is -0.570. The molecule has 0 bridgehead atoms. The number of nitrogens with two attached hydrogens (primary N) is 1. The molecular formula is C7H16N2O. The Morgan fingerprint density at radius 3 is 2.20 bits per heavy atom.